The molecule has 0 radical (unpaired) electrons. The minimum Gasteiger partial charge on any atom is -0.478 e. The van der Waals surface area contributed by atoms with E-state index in [0.717, 1.165) is 12.1 Å². The molecule has 0 aromatic heterocycles. The van der Waals surface area contributed by atoms with Gasteiger partial charge in [-0.2, -0.15) is 0 Å². The molecule has 0 bridgehead atoms. The number of aromatic carboxylic acids is 2. The van der Waals surface area contributed by atoms with Crippen LogP contribution >= 0.6 is 0 Å². The third-order valence-electron chi connectivity index (χ3n) is 3.68. The smallest absolute Gasteiger partial charge is 0.336 e. The van der Waals surface area contributed by atoms with Gasteiger partial charge in [0.1, 0.15) is 0 Å². The number of nitrogens with two attached hydrogens (primary N) is 1. The number of hydrogen-bond acceptors (Lipinski definition) is 5. The first-order valence-corrected chi connectivity index (χ1v) is 6.45. The van der Waals surface area contributed by atoms with E-state index in [2.05, 4.69) is 0 Å². The van der Waals surface area contributed by atoms with E-state index in [-0.39, 0.29) is 27.9 Å². The number of rotatable bonds is 2. The van der Waals surface area contributed by atoms with Crippen molar-refractivity contribution in [2.45, 2.75) is 0 Å². The molecule has 7 heteroatoms. The van der Waals surface area contributed by atoms with Crippen LogP contribution in [-0.2, 0) is 0 Å². The van der Waals surface area contributed by atoms with Crippen molar-refractivity contribution in [1.82, 2.24) is 0 Å². The van der Waals surface area contributed by atoms with E-state index in [9.17, 15) is 19.2 Å². The van der Waals surface area contributed by atoms with E-state index >= 15 is 0 Å². The van der Waals surface area contributed by atoms with Crippen molar-refractivity contribution >= 4 is 29.2 Å². The first-order chi connectivity index (χ1) is 10.8. The van der Waals surface area contributed by atoms with E-state index in [1.807, 2.05) is 0 Å². The van der Waals surface area contributed by atoms with Gasteiger partial charge in [0.05, 0.1) is 16.7 Å². The fourth-order valence-corrected chi connectivity index (χ4v) is 2.62. The predicted molar refractivity (Wildman–Crippen MR) is 78.1 cm³/mol. The second kappa shape index (κ2) is 4.77. The molecule has 1 aliphatic carbocycles. The normalized spacial score (nSPS) is 12.5. The lowest BCUT2D eigenvalue weighted by molar-refractivity contribution is 0.0651. The molecule has 4 N–H and O–H groups in total. The summed E-state index contributed by atoms with van der Waals surface area (Å²) >= 11 is 0. The van der Waals surface area contributed by atoms with Crippen molar-refractivity contribution in [3.8, 4) is 0 Å². The maximum atomic E-state index is 12.6. The van der Waals surface area contributed by atoms with Crippen LogP contribution in [0.1, 0.15) is 52.6 Å². The molecule has 0 saturated carbocycles. The van der Waals surface area contributed by atoms with Crippen molar-refractivity contribution in [3.05, 3.63) is 63.7 Å². The molecule has 0 heterocycles. The Kier molecular flexibility index (Phi) is 3.00. The fraction of sp³-hybridized carbons (Fsp3) is 0. The molecule has 2 aromatic carbocycles. The average molecular weight is 311 g/mol. The molecular weight excluding hydrogens is 302 g/mol. The van der Waals surface area contributed by atoms with Gasteiger partial charge in [-0.3, -0.25) is 9.59 Å². The van der Waals surface area contributed by atoms with E-state index in [1.165, 1.54) is 18.2 Å². The molecule has 0 fully saturated rings. The van der Waals surface area contributed by atoms with Crippen molar-refractivity contribution in [2.24, 2.45) is 0 Å². The topological polar surface area (TPSA) is 135 Å². The zero-order valence-corrected chi connectivity index (χ0v) is 11.5. The van der Waals surface area contributed by atoms with Crippen LogP contribution in [0.2, 0.25) is 0 Å². The lowest BCUT2D eigenvalue weighted by Gasteiger charge is -2.20. The second-order valence-electron chi connectivity index (χ2n) is 4.98. The number of nitrogen functional groups attached to an aromatic ring is 1. The van der Waals surface area contributed by atoms with Crippen LogP contribution in [0.25, 0.3) is 0 Å². The van der Waals surface area contributed by atoms with Gasteiger partial charge in [0.25, 0.3) is 0 Å². The summed E-state index contributed by atoms with van der Waals surface area (Å²) < 4.78 is 0. The molecule has 3 rings (SSSR count). The van der Waals surface area contributed by atoms with Crippen LogP contribution < -0.4 is 5.73 Å². The number of carboxylic acids is 2. The average Bonchev–Trinajstić information content (AvgIpc) is 2.51. The van der Waals surface area contributed by atoms with Gasteiger partial charge in [-0.1, -0.05) is 12.1 Å². The highest BCUT2D eigenvalue weighted by atomic mass is 16.4. The molecule has 0 saturated heterocycles. The number of carboxylic acid groups (broad SMARTS) is 2. The Balaban J connectivity index is 2.36. The third kappa shape index (κ3) is 1.98. The van der Waals surface area contributed by atoms with Gasteiger partial charge in [-0.15, -0.1) is 0 Å². The van der Waals surface area contributed by atoms with Crippen LogP contribution in [0.4, 0.5) is 5.69 Å². The number of anilines is 1. The molecule has 0 unspecified atom stereocenters. The molecule has 0 atom stereocenters. The number of fused-ring (bicyclic) bond motifs is 2. The molecule has 1 aliphatic rings. The maximum absolute atomic E-state index is 12.6. The second-order valence-corrected chi connectivity index (χ2v) is 4.98. The molecule has 0 amide bonds. The summed E-state index contributed by atoms with van der Waals surface area (Å²) in [5.41, 5.74) is 4.50. The van der Waals surface area contributed by atoms with Crippen molar-refractivity contribution in [2.75, 3.05) is 5.73 Å². The summed E-state index contributed by atoms with van der Waals surface area (Å²) in [6.45, 7) is 0. The first kappa shape index (κ1) is 14.5. The van der Waals surface area contributed by atoms with Gasteiger partial charge in [0.15, 0.2) is 11.6 Å². The summed E-state index contributed by atoms with van der Waals surface area (Å²) in [5, 5.41) is 18.3. The predicted octanol–water partition coefficient (Wildman–Crippen LogP) is 1.44. The Morgan fingerprint density at radius 3 is 1.87 bits per heavy atom. The molecule has 114 valence electrons. The number of ketones is 2. The van der Waals surface area contributed by atoms with Crippen molar-refractivity contribution < 1.29 is 29.4 Å². The zero-order chi connectivity index (χ0) is 16.9. The zero-order valence-electron chi connectivity index (χ0n) is 11.5. The number of benzene rings is 2. The third-order valence-corrected chi connectivity index (χ3v) is 3.68. The van der Waals surface area contributed by atoms with E-state index in [1.54, 1.807) is 0 Å². The van der Waals surface area contributed by atoms with E-state index in [4.69, 9.17) is 15.9 Å². The fourth-order valence-electron chi connectivity index (χ4n) is 2.62. The minimum absolute atomic E-state index is 0.00409. The molecule has 2 aromatic rings. The Morgan fingerprint density at radius 2 is 1.35 bits per heavy atom. The highest BCUT2D eigenvalue weighted by Gasteiger charge is 2.33. The van der Waals surface area contributed by atoms with Crippen LogP contribution in [-0.4, -0.2) is 33.7 Å². The summed E-state index contributed by atoms with van der Waals surface area (Å²) in [5.74, 6) is -4.17. The number of carbonyl (C=O) groups is 4. The largest absolute Gasteiger partial charge is 0.478 e. The Morgan fingerprint density at radius 1 is 0.826 bits per heavy atom. The minimum atomic E-state index is -1.50. The van der Waals surface area contributed by atoms with E-state index < -0.39 is 34.6 Å². The van der Waals surface area contributed by atoms with Crippen LogP contribution in [0.5, 0.6) is 0 Å². The number of hydrogen-bond donors (Lipinski definition) is 3. The monoisotopic (exact) mass is 311 g/mol. The molecule has 7 nitrogen and oxygen atoms in total. The molecule has 23 heavy (non-hydrogen) atoms. The Hall–Kier alpha value is -3.48. The first-order valence-electron chi connectivity index (χ1n) is 6.45. The van der Waals surface area contributed by atoms with Crippen LogP contribution in [0, 0.1) is 0 Å². The highest BCUT2D eigenvalue weighted by molar-refractivity contribution is 6.30. The lowest BCUT2D eigenvalue weighted by Crippen LogP contribution is -2.24. The summed E-state index contributed by atoms with van der Waals surface area (Å²) in [4.78, 5) is 47.5. The Labute approximate surface area is 129 Å². The highest BCUT2D eigenvalue weighted by Crippen LogP contribution is 2.32. The Bertz CT molecular complexity index is 928. The van der Waals surface area contributed by atoms with E-state index in [0.29, 0.717) is 0 Å². The van der Waals surface area contributed by atoms with Gasteiger partial charge in [0.2, 0.25) is 0 Å². The van der Waals surface area contributed by atoms with Crippen LogP contribution in [0.3, 0.4) is 0 Å². The summed E-state index contributed by atoms with van der Waals surface area (Å²) in [6, 6.07) is 6.22. The van der Waals surface area contributed by atoms with Gasteiger partial charge in [0, 0.05) is 22.4 Å². The van der Waals surface area contributed by atoms with Gasteiger partial charge in [-0.25, -0.2) is 9.59 Å². The SMILES string of the molecule is Nc1cccc2c1C(=O)c1cc(C(=O)O)c(C(=O)O)cc1C2=O. The summed E-state index contributed by atoms with van der Waals surface area (Å²) in [7, 11) is 0. The quantitative estimate of drug-likeness (QED) is 0.609. The molecule has 0 aliphatic heterocycles. The molecule has 0 spiro atoms. The van der Waals surface area contributed by atoms with Gasteiger partial charge >= 0.3 is 11.9 Å². The van der Waals surface area contributed by atoms with Gasteiger partial charge < -0.3 is 15.9 Å². The van der Waals surface area contributed by atoms with Crippen molar-refractivity contribution in [3.63, 3.8) is 0 Å². The van der Waals surface area contributed by atoms with Gasteiger partial charge in [-0.05, 0) is 18.2 Å². The number of carbonyl (C=O) groups excluding carboxylic acids is 2. The standard InChI is InChI=1S/C16H9NO6/c17-11-3-1-2-6-12(11)14(19)8-5-10(16(22)23)9(15(20)21)4-7(8)13(6)18/h1-5H,17H2,(H,20,21)(H,22,23). The maximum Gasteiger partial charge on any atom is 0.336 e. The van der Waals surface area contributed by atoms with Crippen LogP contribution in [0.15, 0.2) is 30.3 Å². The lowest BCUT2D eigenvalue weighted by atomic mass is 9.81. The molecular formula is C16H9NO6. The summed E-state index contributed by atoms with van der Waals surface area (Å²) in [6.07, 6.45) is 0. The van der Waals surface area contributed by atoms with Crippen molar-refractivity contribution in [1.29, 1.82) is 0 Å².